The van der Waals surface area contributed by atoms with Gasteiger partial charge in [0, 0.05) is 6.21 Å². The first kappa shape index (κ1) is 12.2. The minimum Gasteiger partial charge on any atom is -0.322 e. The van der Waals surface area contributed by atoms with Crippen molar-refractivity contribution in [3.8, 4) is 0 Å². The molecule has 0 aliphatic heterocycles. The van der Waals surface area contributed by atoms with Gasteiger partial charge in [0.05, 0.1) is 21.1 Å². The fraction of sp³-hybridized carbons (Fsp3) is 0. The van der Waals surface area contributed by atoms with Crippen molar-refractivity contribution in [2.75, 3.05) is 0 Å². The Bertz CT molecular complexity index is 729. The summed E-state index contributed by atoms with van der Waals surface area (Å²) in [5.41, 5.74) is 2.72. The number of halogens is 2. The van der Waals surface area contributed by atoms with Gasteiger partial charge in [-0.25, -0.2) is 9.98 Å². The lowest BCUT2D eigenvalue weighted by Crippen LogP contribution is -1.81. The molecule has 0 spiro atoms. The van der Waals surface area contributed by atoms with Crippen LogP contribution in [0.4, 0.5) is 5.95 Å². The number of para-hydroxylation sites is 2. The smallest absolute Gasteiger partial charge is 0.227 e. The molecule has 0 aliphatic carbocycles. The first-order valence-corrected chi connectivity index (χ1v) is 6.42. The summed E-state index contributed by atoms with van der Waals surface area (Å²) >= 11 is 11.8. The number of nitrogens with one attached hydrogen (secondary N) is 1. The van der Waals surface area contributed by atoms with E-state index < -0.39 is 0 Å². The largest absolute Gasteiger partial charge is 0.322 e. The van der Waals surface area contributed by atoms with Gasteiger partial charge in [0.1, 0.15) is 0 Å². The van der Waals surface area contributed by atoms with Crippen molar-refractivity contribution in [2.45, 2.75) is 0 Å². The van der Waals surface area contributed by atoms with Gasteiger partial charge in [0.25, 0.3) is 0 Å². The maximum atomic E-state index is 5.94. The number of aromatic nitrogens is 2. The van der Waals surface area contributed by atoms with Crippen molar-refractivity contribution in [3.05, 3.63) is 58.1 Å². The van der Waals surface area contributed by atoms with E-state index in [0.29, 0.717) is 16.0 Å². The van der Waals surface area contributed by atoms with Gasteiger partial charge < -0.3 is 4.98 Å². The van der Waals surface area contributed by atoms with Crippen LogP contribution in [-0.4, -0.2) is 16.2 Å². The molecule has 0 radical (unpaired) electrons. The molecule has 5 heteroatoms. The Morgan fingerprint density at radius 2 is 1.89 bits per heavy atom. The van der Waals surface area contributed by atoms with E-state index in [2.05, 4.69) is 15.0 Å². The zero-order valence-corrected chi connectivity index (χ0v) is 11.3. The van der Waals surface area contributed by atoms with Crippen LogP contribution in [0.25, 0.3) is 11.0 Å². The summed E-state index contributed by atoms with van der Waals surface area (Å²) in [6.07, 6.45) is 1.69. The van der Waals surface area contributed by atoms with E-state index in [9.17, 15) is 0 Å². The van der Waals surface area contributed by atoms with Crippen LogP contribution < -0.4 is 0 Å². The third-order valence-corrected chi connectivity index (χ3v) is 3.40. The minimum absolute atomic E-state index is 0.509. The van der Waals surface area contributed by atoms with Gasteiger partial charge in [-0.3, -0.25) is 0 Å². The summed E-state index contributed by atoms with van der Waals surface area (Å²) in [4.78, 5) is 11.8. The van der Waals surface area contributed by atoms with Crippen molar-refractivity contribution in [1.29, 1.82) is 0 Å². The molecule has 0 amide bonds. The summed E-state index contributed by atoms with van der Waals surface area (Å²) in [5, 5.41) is 1.04. The second kappa shape index (κ2) is 5.03. The Morgan fingerprint density at radius 3 is 2.68 bits per heavy atom. The van der Waals surface area contributed by atoms with Crippen molar-refractivity contribution >= 4 is 46.4 Å². The molecule has 1 aromatic heterocycles. The second-order valence-corrected chi connectivity index (χ2v) is 4.82. The number of aromatic amines is 1. The topological polar surface area (TPSA) is 41.0 Å². The van der Waals surface area contributed by atoms with Gasteiger partial charge in [0.15, 0.2) is 0 Å². The lowest BCUT2D eigenvalue weighted by molar-refractivity contribution is 1.27. The number of imidazole rings is 1. The highest BCUT2D eigenvalue weighted by molar-refractivity contribution is 6.42. The van der Waals surface area contributed by atoms with Gasteiger partial charge in [-0.15, -0.1) is 0 Å². The number of benzene rings is 2. The molecule has 1 N–H and O–H groups in total. The molecular formula is C14H9Cl2N3. The first-order chi connectivity index (χ1) is 9.22. The van der Waals surface area contributed by atoms with Crippen molar-refractivity contribution in [3.63, 3.8) is 0 Å². The molecule has 2 aromatic carbocycles. The van der Waals surface area contributed by atoms with E-state index in [0.717, 1.165) is 16.6 Å². The fourth-order valence-electron chi connectivity index (χ4n) is 1.73. The van der Waals surface area contributed by atoms with Crippen molar-refractivity contribution in [1.82, 2.24) is 9.97 Å². The molecule has 0 saturated heterocycles. The molecule has 3 nitrogen and oxygen atoms in total. The minimum atomic E-state index is 0.509. The van der Waals surface area contributed by atoms with Crippen molar-refractivity contribution in [2.24, 2.45) is 4.99 Å². The molecule has 0 saturated carbocycles. The lowest BCUT2D eigenvalue weighted by Gasteiger charge is -1.96. The van der Waals surface area contributed by atoms with E-state index in [1.807, 2.05) is 30.3 Å². The van der Waals surface area contributed by atoms with E-state index in [-0.39, 0.29) is 0 Å². The number of nitrogens with zero attached hydrogens (tertiary/aromatic N) is 2. The van der Waals surface area contributed by atoms with E-state index in [1.54, 1.807) is 18.3 Å². The Kier molecular flexibility index (Phi) is 3.23. The number of hydrogen-bond donors (Lipinski definition) is 1. The summed E-state index contributed by atoms with van der Waals surface area (Å²) in [6.45, 7) is 0. The Hall–Kier alpha value is -1.84. The Balaban J connectivity index is 1.91. The van der Waals surface area contributed by atoms with Crippen LogP contribution in [0, 0.1) is 0 Å². The average Bonchev–Trinajstić information content (AvgIpc) is 2.83. The maximum Gasteiger partial charge on any atom is 0.227 e. The predicted octanol–water partition coefficient (Wildman–Crippen LogP) is 4.62. The molecule has 3 aromatic rings. The lowest BCUT2D eigenvalue weighted by atomic mass is 10.2. The molecule has 0 atom stereocenters. The SMILES string of the molecule is Clc1ccc(C=Nc2nc3ccccc3[nH]2)cc1Cl. The molecule has 3 rings (SSSR count). The van der Waals surface area contributed by atoms with Crippen LogP contribution >= 0.6 is 23.2 Å². The normalized spacial score (nSPS) is 11.5. The zero-order chi connectivity index (χ0) is 13.2. The number of hydrogen-bond acceptors (Lipinski definition) is 2. The van der Waals surface area contributed by atoms with Crippen LogP contribution in [0.15, 0.2) is 47.5 Å². The summed E-state index contributed by atoms with van der Waals surface area (Å²) in [6, 6.07) is 13.1. The molecule has 1 heterocycles. The summed E-state index contributed by atoms with van der Waals surface area (Å²) in [5.74, 6) is 0.562. The highest BCUT2D eigenvalue weighted by Crippen LogP contribution is 2.22. The van der Waals surface area contributed by atoms with Gasteiger partial charge >= 0.3 is 0 Å². The Labute approximate surface area is 119 Å². The molecule has 19 heavy (non-hydrogen) atoms. The third-order valence-electron chi connectivity index (χ3n) is 2.66. The number of H-pyrrole nitrogens is 1. The molecule has 0 unspecified atom stereocenters. The van der Waals surface area contributed by atoms with E-state index in [1.165, 1.54) is 0 Å². The number of rotatable bonds is 2. The highest BCUT2D eigenvalue weighted by Gasteiger charge is 2.00. The second-order valence-electron chi connectivity index (χ2n) is 4.01. The monoisotopic (exact) mass is 289 g/mol. The molecule has 0 fully saturated rings. The molecule has 0 bridgehead atoms. The van der Waals surface area contributed by atoms with Crippen LogP contribution in [0.3, 0.4) is 0 Å². The van der Waals surface area contributed by atoms with Gasteiger partial charge in [0.2, 0.25) is 5.95 Å². The van der Waals surface area contributed by atoms with E-state index in [4.69, 9.17) is 23.2 Å². The third kappa shape index (κ3) is 2.62. The van der Waals surface area contributed by atoms with Crippen molar-refractivity contribution < 1.29 is 0 Å². The van der Waals surface area contributed by atoms with Gasteiger partial charge in [-0.2, -0.15) is 0 Å². The van der Waals surface area contributed by atoms with Crippen LogP contribution in [-0.2, 0) is 0 Å². The summed E-state index contributed by atoms with van der Waals surface area (Å²) < 4.78 is 0. The molecular weight excluding hydrogens is 281 g/mol. The summed E-state index contributed by atoms with van der Waals surface area (Å²) in [7, 11) is 0. The van der Waals surface area contributed by atoms with Gasteiger partial charge in [-0.1, -0.05) is 41.4 Å². The zero-order valence-electron chi connectivity index (χ0n) is 9.77. The molecule has 0 aliphatic rings. The standard InChI is InChI=1S/C14H9Cl2N3/c15-10-6-5-9(7-11(10)16)8-17-14-18-12-3-1-2-4-13(12)19-14/h1-8H,(H,18,19). The molecule has 94 valence electrons. The number of aliphatic imine (C=N–C) groups is 1. The van der Waals surface area contributed by atoms with Crippen LogP contribution in [0.1, 0.15) is 5.56 Å². The quantitative estimate of drug-likeness (QED) is 0.687. The Morgan fingerprint density at radius 1 is 1.05 bits per heavy atom. The van der Waals surface area contributed by atoms with Crippen LogP contribution in [0.2, 0.25) is 10.0 Å². The van der Waals surface area contributed by atoms with Gasteiger partial charge in [-0.05, 0) is 29.8 Å². The first-order valence-electron chi connectivity index (χ1n) is 5.66. The predicted molar refractivity (Wildman–Crippen MR) is 79.8 cm³/mol. The fourth-order valence-corrected chi connectivity index (χ4v) is 2.04. The highest BCUT2D eigenvalue weighted by atomic mass is 35.5. The number of fused-ring (bicyclic) bond motifs is 1. The van der Waals surface area contributed by atoms with E-state index >= 15 is 0 Å². The maximum absolute atomic E-state index is 5.94. The van der Waals surface area contributed by atoms with Crippen LogP contribution in [0.5, 0.6) is 0 Å². The average molecular weight is 290 g/mol.